The van der Waals surface area contributed by atoms with Crippen LogP contribution in [0.2, 0.25) is 0 Å². The van der Waals surface area contributed by atoms with E-state index in [1.165, 1.54) is 17.9 Å². The summed E-state index contributed by atoms with van der Waals surface area (Å²) in [4.78, 5) is 28.6. The van der Waals surface area contributed by atoms with Crippen LogP contribution in [0.5, 0.6) is 0 Å². The van der Waals surface area contributed by atoms with Crippen LogP contribution in [0.1, 0.15) is 36.1 Å². The molecular weight excluding hydrogens is 435 g/mol. The smallest absolute Gasteiger partial charge is 0.378 e. The number of anilines is 2. The molecule has 1 unspecified atom stereocenters. The maximum atomic E-state index is 13.4. The molecule has 6 nitrogen and oxygen atoms in total. The molecule has 0 aliphatic carbocycles. The molecule has 2 aliphatic rings. The molecule has 4 rings (SSSR count). The van der Waals surface area contributed by atoms with Crippen molar-refractivity contribution in [2.45, 2.75) is 25.6 Å². The largest absolute Gasteiger partial charge is 0.416 e. The van der Waals surface area contributed by atoms with E-state index < -0.39 is 23.7 Å². The van der Waals surface area contributed by atoms with E-state index in [4.69, 9.17) is 4.74 Å². The number of benzene rings is 2. The van der Waals surface area contributed by atoms with E-state index in [-0.39, 0.29) is 18.0 Å². The van der Waals surface area contributed by atoms with Crippen LogP contribution >= 0.6 is 0 Å². The molecule has 0 bridgehead atoms. The molecule has 33 heavy (non-hydrogen) atoms. The molecule has 2 heterocycles. The van der Waals surface area contributed by atoms with Crippen LogP contribution in [-0.2, 0) is 20.5 Å². The minimum atomic E-state index is -4.54. The second-order valence-electron chi connectivity index (χ2n) is 7.97. The van der Waals surface area contributed by atoms with Gasteiger partial charge in [0.25, 0.3) is 0 Å². The number of carbonyl (C=O) groups is 2. The summed E-state index contributed by atoms with van der Waals surface area (Å²) < 4.78 is 45.4. The number of carbonyl (C=O) groups excluding carboxylic acids is 2. The molecular formula is C24H24F3N3O3. The van der Waals surface area contributed by atoms with Crippen molar-refractivity contribution in [3.63, 3.8) is 0 Å². The predicted molar refractivity (Wildman–Crippen MR) is 118 cm³/mol. The van der Waals surface area contributed by atoms with Crippen molar-refractivity contribution >= 4 is 29.3 Å². The second-order valence-corrected chi connectivity index (χ2v) is 7.97. The average molecular weight is 459 g/mol. The fraction of sp³-hybridized carbons (Fsp3) is 0.333. The lowest BCUT2D eigenvalue weighted by atomic mass is 9.93. The molecule has 0 aromatic heterocycles. The lowest BCUT2D eigenvalue weighted by Gasteiger charge is -2.33. The number of hydrogen-bond donors (Lipinski definition) is 1. The van der Waals surface area contributed by atoms with Gasteiger partial charge in [0.15, 0.2) is 0 Å². The SMILES string of the molecule is CC(=O)N1C=Cc2ccccc2C1CC(=O)Nc1cc(C(F)(F)F)ccc1N1CCOCC1. The van der Waals surface area contributed by atoms with Crippen LogP contribution < -0.4 is 10.2 Å². The molecule has 2 aromatic carbocycles. The van der Waals surface area contributed by atoms with E-state index in [2.05, 4.69) is 5.32 Å². The van der Waals surface area contributed by atoms with Crippen LogP contribution in [-0.4, -0.2) is 43.0 Å². The van der Waals surface area contributed by atoms with Gasteiger partial charge in [0.2, 0.25) is 11.8 Å². The first-order valence-electron chi connectivity index (χ1n) is 10.6. The van der Waals surface area contributed by atoms with Gasteiger partial charge in [0.05, 0.1) is 42.6 Å². The van der Waals surface area contributed by atoms with Gasteiger partial charge in [-0.25, -0.2) is 0 Å². The number of hydrogen-bond acceptors (Lipinski definition) is 4. The Kier molecular flexibility index (Phi) is 6.42. The first-order valence-corrected chi connectivity index (χ1v) is 10.6. The summed E-state index contributed by atoms with van der Waals surface area (Å²) in [6.45, 7) is 3.33. The first-order chi connectivity index (χ1) is 15.7. The first kappa shape index (κ1) is 22.8. The molecule has 1 fully saturated rings. The summed E-state index contributed by atoms with van der Waals surface area (Å²) in [5, 5.41) is 2.67. The van der Waals surface area contributed by atoms with Crippen LogP contribution in [0.25, 0.3) is 6.08 Å². The number of amides is 2. The highest BCUT2D eigenvalue weighted by Gasteiger charge is 2.33. The minimum absolute atomic E-state index is 0.0886. The Morgan fingerprint density at radius 3 is 2.55 bits per heavy atom. The normalized spacial score (nSPS) is 18.1. The zero-order valence-electron chi connectivity index (χ0n) is 18.1. The summed E-state index contributed by atoms with van der Waals surface area (Å²) in [7, 11) is 0. The summed E-state index contributed by atoms with van der Waals surface area (Å²) >= 11 is 0. The molecule has 1 atom stereocenters. The van der Waals surface area contributed by atoms with Gasteiger partial charge in [0.1, 0.15) is 0 Å². The molecule has 1 saturated heterocycles. The maximum absolute atomic E-state index is 13.4. The van der Waals surface area contributed by atoms with Crippen LogP contribution in [0.3, 0.4) is 0 Å². The van der Waals surface area contributed by atoms with E-state index in [0.29, 0.717) is 32.0 Å². The van der Waals surface area contributed by atoms with E-state index in [1.807, 2.05) is 29.2 Å². The van der Waals surface area contributed by atoms with Crippen molar-refractivity contribution in [1.82, 2.24) is 4.90 Å². The monoisotopic (exact) mass is 459 g/mol. The number of morpholine rings is 1. The van der Waals surface area contributed by atoms with E-state index in [9.17, 15) is 22.8 Å². The Hall–Kier alpha value is -3.33. The average Bonchev–Trinajstić information content (AvgIpc) is 2.79. The summed E-state index contributed by atoms with van der Waals surface area (Å²) in [6.07, 6.45) is -1.21. The fourth-order valence-electron chi connectivity index (χ4n) is 4.18. The van der Waals surface area contributed by atoms with Crippen molar-refractivity contribution in [2.75, 3.05) is 36.5 Å². The maximum Gasteiger partial charge on any atom is 0.416 e. The van der Waals surface area contributed by atoms with Crippen molar-refractivity contribution in [2.24, 2.45) is 0 Å². The lowest BCUT2D eigenvalue weighted by Crippen LogP contribution is -2.37. The Morgan fingerprint density at radius 1 is 1.12 bits per heavy atom. The summed E-state index contributed by atoms with van der Waals surface area (Å²) in [6, 6.07) is 10.2. The number of halogens is 3. The third-order valence-electron chi connectivity index (χ3n) is 5.80. The Morgan fingerprint density at radius 2 is 1.85 bits per heavy atom. The lowest BCUT2D eigenvalue weighted by molar-refractivity contribution is -0.137. The van der Waals surface area contributed by atoms with Gasteiger partial charge in [-0.15, -0.1) is 0 Å². The molecule has 0 radical (unpaired) electrons. The third-order valence-corrected chi connectivity index (χ3v) is 5.80. The molecule has 0 saturated carbocycles. The van der Waals surface area contributed by atoms with Crippen molar-refractivity contribution < 1.29 is 27.5 Å². The Bertz CT molecular complexity index is 1080. The van der Waals surface area contributed by atoms with Gasteiger partial charge in [-0.3, -0.25) is 9.59 Å². The van der Waals surface area contributed by atoms with Crippen molar-refractivity contribution in [1.29, 1.82) is 0 Å². The number of nitrogens with one attached hydrogen (secondary N) is 1. The fourth-order valence-corrected chi connectivity index (χ4v) is 4.18. The highest BCUT2D eigenvalue weighted by Crippen LogP contribution is 2.37. The van der Waals surface area contributed by atoms with Crippen LogP contribution in [0.15, 0.2) is 48.7 Å². The second kappa shape index (κ2) is 9.27. The standard InChI is InChI=1S/C24H24F3N3O3/c1-16(31)30-9-8-17-4-2-3-5-19(17)22(30)15-23(32)28-20-14-18(24(25,26)27)6-7-21(20)29-10-12-33-13-11-29/h2-9,14,22H,10-13,15H2,1H3,(H,28,32). The van der Waals surface area contributed by atoms with Gasteiger partial charge < -0.3 is 19.9 Å². The molecule has 174 valence electrons. The molecule has 2 aliphatic heterocycles. The molecule has 1 N–H and O–H groups in total. The Balaban J connectivity index is 1.62. The highest BCUT2D eigenvalue weighted by atomic mass is 19.4. The molecule has 0 spiro atoms. The van der Waals surface area contributed by atoms with E-state index >= 15 is 0 Å². The van der Waals surface area contributed by atoms with Crippen LogP contribution in [0.4, 0.5) is 24.5 Å². The van der Waals surface area contributed by atoms with Gasteiger partial charge in [-0.2, -0.15) is 13.2 Å². The molecule has 2 amide bonds. The van der Waals surface area contributed by atoms with Crippen molar-refractivity contribution in [3.8, 4) is 0 Å². The van der Waals surface area contributed by atoms with E-state index in [0.717, 1.165) is 23.3 Å². The summed E-state index contributed by atoms with van der Waals surface area (Å²) in [5.74, 6) is -0.711. The zero-order chi connectivity index (χ0) is 23.6. The van der Waals surface area contributed by atoms with Gasteiger partial charge in [0, 0.05) is 26.2 Å². The van der Waals surface area contributed by atoms with Gasteiger partial charge >= 0.3 is 6.18 Å². The number of fused-ring (bicyclic) bond motifs is 1. The predicted octanol–water partition coefficient (Wildman–Crippen LogP) is 4.44. The third kappa shape index (κ3) is 5.03. The number of alkyl halides is 3. The number of nitrogens with zero attached hydrogens (tertiary/aromatic N) is 2. The van der Waals surface area contributed by atoms with Crippen LogP contribution in [0, 0.1) is 0 Å². The van der Waals surface area contributed by atoms with E-state index in [1.54, 1.807) is 12.3 Å². The Labute approximate surface area is 189 Å². The van der Waals surface area contributed by atoms with Gasteiger partial charge in [-0.05, 0) is 35.4 Å². The van der Waals surface area contributed by atoms with Crippen molar-refractivity contribution in [3.05, 3.63) is 65.4 Å². The molecule has 9 heteroatoms. The molecule has 2 aromatic rings. The minimum Gasteiger partial charge on any atom is -0.378 e. The number of rotatable bonds is 4. The van der Waals surface area contributed by atoms with Gasteiger partial charge in [-0.1, -0.05) is 24.3 Å². The highest BCUT2D eigenvalue weighted by molar-refractivity contribution is 5.95. The topological polar surface area (TPSA) is 61.9 Å². The summed E-state index contributed by atoms with van der Waals surface area (Å²) in [5.41, 5.74) is 1.45. The zero-order valence-corrected chi connectivity index (χ0v) is 18.1. The number of ether oxygens (including phenoxy) is 1. The quantitative estimate of drug-likeness (QED) is 0.734.